The fourth-order valence-corrected chi connectivity index (χ4v) is 2.66. The molecule has 1 amide bonds. The third-order valence-electron chi connectivity index (χ3n) is 3.81. The second kappa shape index (κ2) is 6.19. The normalized spacial score (nSPS) is 22.9. The summed E-state index contributed by atoms with van der Waals surface area (Å²) in [5.74, 6) is -1.08. The van der Waals surface area contributed by atoms with E-state index in [9.17, 15) is 9.18 Å². The number of anilines is 1. The summed E-state index contributed by atoms with van der Waals surface area (Å²) in [5.41, 5.74) is 11.6. The van der Waals surface area contributed by atoms with E-state index in [1.807, 2.05) is 4.90 Å². The van der Waals surface area contributed by atoms with Gasteiger partial charge in [0.15, 0.2) is 0 Å². The predicted molar refractivity (Wildman–Crippen MR) is 75.1 cm³/mol. The first-order chi connectivity index (χ1) is 9.56. The van der Waals surface area contributed by atoms with Gasteiger partial charge in [0.1, 0.15) is 5.82 Å². The molecule has 0 aromatic heterocycles. The van der Waals surface area contributed by atoms with Crippen LogP contribution >= 0.6 is 0 Å². The number of benzene rings is 1. The van der Waals surface area contributed by atoms with E-state index in [4.69, 9.17) is 16.2 Å². The van der Waals surface area contributed by atoms with Crippen molar-refractivity contribution in [2.45, 2.75) is 25.0 Å². The van der Waals surface area contributed by atoms with Crippen molar-refractivity contribution < 1.29 is 13.9 Å². The maximum absolute atomic E-state index is 14.2. The number of hydrogen-bond donors (Lipinski definition) is 2. The fraction of sp³-hybridized carbons (Fsp3) is 0.500. The van der Waals surface area contributed by atoms with Gasteiger partial charge in [-0.25, -0.2) is 4.39 Å². The highest BCUT2D eigenvalue weighted by molar-refractivity contribution is 5.93. The summed E-state index contributed by atoms with van der Waals surface area (Å²) in [7, 11) is 1.68. The largest absolute Gasteiger partial charge is 0.381 e. The molecule has 0 saturated carbocycles. The van der Waals surface area contributed by atoms with E-state index < -0.39 is 11.7 Å². The number of carbonyl (C=O) groups excluding carboxylic acids is 1. The van der Waals surface area contributed by atoms with Gasteiger partial charge in [-0.2, -0.15) is 0 Å². The number of methoxy groups -OCH3 is 1. The van der Waals surface area contributed by atoms with Crippen LogP contribution in [0.3, 0.4) is 0 Å². The second-order valence-corrected chi connectivity index (χ2v) is 5.00. The molecule has 110 valence electrons. The van der Waals surface area contributed by atoms with Crippen LogP contribution in [-0.4, -0.2) is 38.3 Å². The molecule has 1 saturated heterocycles. The number of rotatable bonds is 4. The van der Waals surface area contributed by atoms with Crippen molar-refractivity contribution in [1.82, 2.24) is 0 Å². The van der Waals surface area contributed by atoms with Crippen LogP contribution in [0.4, 0.5) is 10.1 Å². The van der Waals surface area contributed by atoms with E-state index in [2.05, 4.69) is 0 Å². The molecular weight excluding hydrogens is 261 g/mol. The Hall–Kier alpha value is -1.66. The maximum Gasteiger partial charge on any atom is 0.248 e. The number of nitrogens with two attached hydrogens (primary N) is 2. The zero-order chi connectivity index (χ0) is 14.7. The van der Waals surface area contributed by atoms with Crippen molar-refractivity contribution in [3.63, 3.8) is 0 Å². The fourth-order valence-electron chi connectivity index (χ4n) is 2.66. The number of ether oxygens (including phenoxy) is 1. The summed E-state index contributed by atoms with van der Waals surface area (Å²) in [6, 6.07) is 4.33. The van der Waals surface area contributed by atoms with E-state index in [1.165, 1.54) is 12.1 Å². The Morgan fingerprint density at radius 3 is 2.85 bits per heavy atom. The molecule has 0 aliphatic carbocycles. The lowest BCUT2D eigenvalue weighted by molar-refractivity contribution is 0.0708. The van der Waals surface area contributed by atoms with Crippen molar-refractivity contribution >= 4 is 11.6 Å². The summed E-state index contributed by atoms with van der Waals surface area (Å²) in [4.78, 5) is 13.0. The van der Waals surface area contributed by atoms with Crippen molar-refractivity contribution in [2.75, 3.05) is 25.1 Å². The first-order valence-electron chi connectivity index (χ1n) is 6.65. The van der Waals surface area contributed by atoms with E-state index in [0.29, 0.717) is 18.8 Å². The van der Waals surface area contributed by atoms with Gasteiger partial charge in [0.25, 0.3) is 0 Å². The summed E-state index contributed by atoms with van der Waals surface area (Å²) in [6.07, 6.45) is 1.75. The van der Waals surface area contributed by atoms with Crippen LogP contribution in [0.5, 0.6) is 0 Å². The molecule has 1 heterocycles. The first-order valence-corrected chi connectivity index (χ1v) is 6.65. The van der Waals surface area contributed by atoms with Gasteiger partial charge in [0.2, 0.25) is 5.91 Å². The van der Waals surface area contributed by atoms with Gasteiger partial charge in [-0.3, -0.25) is 4.79 Å². The molecule has 4 N–H and O–H groups in total. The first kappa shape index (κ1) is 14.7. The zero-order valence-electron chi connectivity index (χ0n) is 11.5. The van der Waals surface area contributed by atoms with Gasteiger partial charge >= 0.3 is 0 Å². The molecule has 2 atom stereocenters. The molecule has 20 heavy (non-hydrogen) atoms. The SMILES string of the molecule is COC1CCN(c2ccc(C(N)=O)cc2F)C(CN)C1. The Morgan fingerprint density at radius 1 is 1.55 bits per heavy atom. The summed E-state index contributed by atoms with van der Waals surface area (Å²) < 4.78 is 19.5. The molecule has 6 heteroatoms. The van der Waals surface area contributed by atoms with Gasteiger partial charge in [-0.05, 0) is 31.0 Å². The van der Waals surface area contributed by atoms with Crippen molar-refractivity contribution in [3.05, 3.63) is 29.6 Å². The van der Waals surface area contributed by atoms with Crippen LogP contribution in [0, 0.1) is 5.82 Å². The number of hydrogen-bond acceptors (Lipinski definition) is 4. The number of carbonyl (C=O) groups is 1. The minimum atomic E-state index is -0.635. The van der Waals surface area contributed by atoms with Gasteiger partial charge in [-0.1, -0.05) is 0 Å². The Bertz CT molecular complexity index is 495. The van der Waals surface area contributed by atoms with Gasteiger partial charge in [0, 0.05) is 31.8 Å². The Kier molecular flexibility index (Phi) is 4.57. The number of piperidine rings is 1. The van der Waals surface area contributed by atoms with Crippen LogP contribution in [-0.2, 0) is 4.74 Å². The van der Waals surface area contributed by atoms with E-state index in [0.717, 1.165) is 12.8 Å². The molecule has 1 aliphatic heterocycles. The van der Waals surface area contributed by atoms with Crippen molar-refractivity contribution in [2.24, 2.45) is 11.5 Å². The molecule has 0 radical (unpaired) electrons. The Balaban J connectivity index is 2.24. The third kappa shape index (κ3) is 2.91. The molecule has 0 bridgehead atoms. The molecule has 1 fully saturated rings. The minimum absolute atomic E-state index is 0.0302. The zero-order valence-corrected chi connectivity index (χ0v) is 11.5. The van der Waals surface area contributed by atoms with Crippen LogP contribution in [0.2, 0.25) is 0 Å². The molecule has 1 aliphatic rings. The lowest BCUT2D eigenvalue weighted by atomic mass is 9.98. The van der Waals surface area contributed by atoms with Crippen molar-refractivity contribution in [3.8, 4) is 0 Å². The molecule has 1 aromatic rings. The highest BCUT2D eigenvalue weighted by Crippen LogP contribution is 2.28. The number of halogens is 1. The summed E-state index contributed by atoms with van der Waals surface area (Å²) in [5, 5.41) is 0. The van der Waals surface area contributed by atoms with E-state index in [-0.39, 0.29) is 17.7 Å². The smallest absolute Gasteiger partial charge is 0.248 e. The quantitative estimate of drug-likeness (QED) is 0.858. The summed E-state index contributed by atoms with van der Waals surface area (Å²) >= 11 is 0. The van der Waals surface area contributed by atoms with Crippen LogP contribution in [0.1, 0.15) is 23.2 Å². The highest BCUT2D eigenvalue weighted by atomic mass is 19.1. The number of primary amides is 1. The molecule has 0 spiro atoms. The predicted octanol–water partition coefficient (Wildman–Crippen LogP) is 0.867. The average molecular weight is 281 g/mol. The monoisotopic (exact) mass is 281 g/mol. The van der Waals surface area contributed by atoms with Gasteiger partial charge in [0.05, 0.1) is 11.8 Å². The summed E-state index contributed by atoms with van der Waals surface area (Å²) in [6.45, 7) is 1.10. The second-order valence-electron chi connectivity index (χ2n) is 5.00. The number of nitrogens with zero attached hydrogens (tertiary/aromatic N) is 1. The van der Waals surface area contributed by atoms with Gasteiger partial charge < -0.3 is 21.1 Å². The van der Waals surface area contributed by atoms with E-state index >= 15 is 0 Å². The third-order valence-corrected chi connectivity index (χ3v) is 3.81. The molecular formula is C14H20FN3O2. The highest BCUT2D eigenvalue weighted by Gasteiger charge is 2.29. The van der Waals surface area contributed by atoms with Crippen molar-refractivity contribution in [1.29, 1.82) is 0 Å². The lowest BCUT2D eigenvalue weighted by Gasteiger charge is -2.40. The lowest BCUT2D eigenvalue weighted by Crippen LogP contribution is -2.49. The topological polar surface area (TPSA) is 81.6 Å². The Morgan fingerprint density at radius 2 is 2.30 bits per heavy atom. The molecule has 2 rings (SSSR count). The molecule has 1 aromatic carbocycles. The van der Waals surface area contributed by atoms with Gasteiger partial charge in [-0.15, -0.1) is 0 Å². The van der Waals surface area contributed by atoms with Crippen LogP contribution in [0.15, 0.2) is 18.2 Å². The standard InChI is InChI=1S/C14H20FN3O2/c1-20-11-4-5-18(10(7-11)8-16)13-3-2-9(14(17)19)6-12(13)15/h2-3,6,10-11H,4-5,7-8,16H2,1H3,(H2,17,19). The maximum atomic E-state index is 14.2. The van der Waals surface area contributed by atoms with Crippen LogP contribution in [0.25, 0.3) is 0 Å². The number of amides is 1. The average Bonchev–Trinajstić information content (AvgIpc) is 2.46. The Labute approximate surface area is 117 Å². The molecule has 2 unspecified atom stereocenters. The van der Waals surface area contributed by atoms with Crippen LogP contribution < -0.4 is 16.4 Å². The van der Waals surface area contributed by atoms with E-state index in [1.54, 1.807) is 13.2 Å². The minimum Gasteiger partial charge on any atom is -0.381 e. The molecule has 5 nitrogen and oxygen atoms in total.